The standard InChI is InChI=1S/C9H17N/c1-8(2)6-7-9(3)10(4)5/h6-7H,1-5H3. The predicted octanol–water partition coefficient (Wildman–Crippen LogP) is 2.42. The van der Waals surface area contributed by atoms with Gasteiger partial charge in [0.05, 0.1) is 0 Å². The SMILES string of the molecule is CC(C)=CC=C(C)N(C)C. The van der Waals surface area contributed by atoms with E-state index in [1.54, 1.807) is 0 Å². The Morgan fingerprint density at radius 2 is 1.50 bits per heavy atom. The van der Waals surface area contributed by atoms with Crippen molar-refractivity contribution in [1.82, 2.24) is 4.90 Å². The second kappa shape index (κ2) is 4.15. The molecule has 0 aliphatic carbocycles. The van der Waals surface area contributed by atoms with E-state index in [-0.39, 0.29) is 0 Å². The Labute approximate surface area is 64.0 Å². The van der Waals surface area contributed by atoms with E-state index in [1.807, 2.05) is 14.1 Å². The summed E-state index contributed by atoms with van der Waals surface area (Å²) in [6, 6.07) is 0. The third-order valence-corrected chi connectivity index (χ3v) is 1.36. The minimum absolute atomic E-state index is 1.28. The first-order valence-corrected chi connectivity index (χ1v) is 3.53. The van der Waals surface area contributed by atoms with Crippen LogP contribution in [0.4, 0.5) is 0 Å². The van der Waals surface area contributed by atoms with E-state index < -0.39 is 0 Å². The minimum Gasteiger partial charge on any atom is -0.381 e. The molecule has 0 aliphatic heterocycles. The largest absolute Gasteiger partial charge is 0.381 e. The van der Waals surface area contributed by atoms with Gasteiger partial charge in [-0.05, 0) is 26.8 Å². The molecule has 0 unspecified atom stereocenters. The lowest BCUT2D eigenvalue weighted by atomic mass is 10.3. The molecule has 0 N–H and O–H groups in total. The van der Waals surface area contributed by atoms with Crippen molar-refractivity contribution >= 4 is 0 Å². The quantitative estimate of drug-likeness (QED) is 0.531. The Morgan fingerprint density at radius 1 is 1.00 bits per heavy atom. The fraction of sp³-hybridized carbons (Fsp3) is 0.556. The molecule has 0 bridgehead atoms. The van der Waals surface area contributed by atoms with E-state index in [4.69, 9.17) is 0 Å². The lowest BCUT2D eigenvalue weighted by molar-refractivity contribution is 0.514. The summed E-state index contributed by atoms with van der Waals surface area (Å²) in [5.74, 6) is 0. The zero-order valence-corrected chi connectivity index (χ0v) is 7.60. The van der Waals surface area contributed by atoms with Crippen molar-refractivity contribution in [2.75, 3.05) is 14.1 Å². The van der Waals surface area contributed by atoms with Crippen LogP contribution in [0.25, 0.3) is 0 Å². The summed E-state index contributed by atoms with van der Waals surface area (Å²) in [7, 11) is 4.09. The molecule has 0 heterocycles. The molecule has 0 saturated carbocycles. The van der Waals surface area contributed by atoms with Gasteiger partial charge in [-0.3, -0.25) is 0 Å². The van der Waals surface area contributed by atoms with Gasteiger partial charge in [-0.15, -0.1) is 0 Å². The Bertz CT molecular complexity index is 148. The third-order valence-electron chi connectivity index (χ3n) is 1.36. The number of rotatable bonds is 2. The summed E-state index contributed by atoms with van der Waals surface area (Å²) in [6.07, 6.45) is 4.24. The van der Waals surface area contributed by atoms with E-state index >= 15 is 0 Å². The van der Waals surface area contributed by atoms with Crippen LogP contribution >= 0.6 is 0 Å². The average Bonchev–Trinajstić information content (AvgIpc) is 1.82. The summed E-state index contributed by atoms with van der Waals surface area (Å²) in [5, 5.41) is 0. The van der Waals surface area contributed by atoms with Crippen LogP contribution in [0.1, 0.15) is 20.8 Å². The Balaban J connectivity index is 4.05. The van der Waals surface area contributed by atoms with Crippen LogP contribution in [-0.2, 0) is 0 Å². The van der Waals surface area contributed by atoms with Gasteiger partial charge in [-0.2, -0.15) is 0 Å². The molecule has 1 heteroatoms. The smallest absolute Gasteiger partial charge is 0.00958 e. The van der Waals surface area contributed by atoms with Gasteiger partial charge in [0, 0.05) is 19.8 Å². The molecule has 0 aromatic carbocycles. The maximum Gasteiger partial charge on any atom is 0.00958 e. The lowest BCUT2D eigenvalue weighted by Gasteiger charge is -2.11. The Morgan fingerprint density at radius 3 is 1.80 bits per heavy atom. The molecule has 1 nitrogen and oxygen atoms in total. The molecular weight excluding hydrogens is 122 g/mol. The van der Waals surface area contributed by atoms with Gasteiger partial charge < -0.3 is 4.90 Å². The molecule has 0 atom stereocenters. The lowest BCUT2D eigenvalue weighted by Crippen LogP contribution is -2.07. The topological polar surface area (TPSA) is 3.24 Å². The second-order valence-electron chi connectivity index (χ2n) is 2.95. The van der Waals surface area contributed by atoms with E-state index in [9.17, 15) is 0 Å². The van der Waals surface area contributed by atoms with Crippen LogP contribution in [0.3, 0.4) is 0 Å². The van der Waals surface area contributed by atoms with E-state index in [0.29, 0.717) is 0 Å². The second-order valence-corrected chi connectivity index (χ2v) is 2.95. The van der Waals surface area contributed by atoms with Crippen molar-refractivity contribution in [2.45, 2.75) is 20.8 Å². The number of nitrogens with zero attached hydrogens (tertiary/aromatic N) is 1. The van der Waals surface area contributed by atoms with Gasteiger partial charge in [-0.1, -0.05) is 11.6 Å². The molecule has 0 rings (SSSR count). The maximum atomic E-state index is 2.12. The highest BCUT2D eigenvalue weighted by Crippen LogP contribution is 1.98. The number of allylic oxidation sites excluding steroid dienone is 4. The normalized spacial score (nSPS) is 11.1. The summed E-state index contributed by atoms with van der Waals surface area (Å²) < 4.78 is 0. The Kier molecular flexibility index (Phi) is 3.85. The van der Waals surface area contributed by atoms with Gasteiger partial charge in [-0.25, -0.2) is 0 Å². The zero-order valence-electron chi connectivity index (χ0n) is 7.60. The first kappa shape index (κ1) is 9.28. The first-order chi connectivity index (χ1) is 4.54. The van der Waals surface area contributed by atoms with Crippen molar-refractivity contribution in [3.63, 3.8) is 0 Å². The predicted molar refractivity (Wildman–Crippen MR) is 46.9 cm³/mol. The van der Waals surface area contributed by atoms with Crippen LogP contribution in [0.2, 0.25) is 0 Å². The fourth-order valence-electron chi connectivity index (χ4n) is 0.436. The van der Waals surface area contributed by atoms with Gasteiger partial charge in [0.15, 0.2) is 0 Å². The first-order valence-electron chi connectivity index (χ1n) is 3.53. The summed E-state index contributed by atoms with van der Waals surface area (Å²) in [6.45, 7) is 6.29. The Hall–Kier alpha value is -0.720. The highest BCUT2D eigenvalue weighted by Gasteiger charge is 1.86. The zero-order chi connectivity index (χ0) is 8.15. The van der Waals surface area contributed by atoms with Crippen molar-refractivity contribution < 1.29 is 0 Å². The molecule has 58 valence electrons. The van der Waals surface area contributed by atoms with E-state index in [2.05, 4.69) is 37.8 Å². The van der Waals surface area contributed by atoms with Crippen molar-refractivity contribution in [3.05, 3.63) is 23.4 Å². The third kappa shape index (κ3) is 4.19. The molecule has 0 saturated heterocycles. The molecule has 0 aromatic heterocycles. The van der Waals surface area contributed by atoms with Crippen molar-refractivity contribution in [3.8, 4) is 0 Å². The van der Waals surface area contributed by atoms with Crippen molar-refractivity contribution in [2.24, 2.45) is 0 Å². The van der Waals surface area contributed by atoms with Crippen LogP contribution in [0, 0.1) is 0 Å². The maximum absolute atomic E-state index is 2.12. The highest BCUT2D eigenvalue weighted by atomic mass is 15.1. The van der Waals surface area contributed by atoms with E-state index in [0.717, 1.165) is 0 Å². The molecule has 0 fully saturated rings. The summed E-state index contributed by atoms with van der Waals surface area (Å²) >= 11 is 0. The van der Waals surface area contributed by atoms with Gasteiger partial charge in [0.25, 0.3) is 0 Å². The number of hydrogen-bond acceptors (Lipinski definition) is 1. The monoisotopic (exact) mass is 139 g/mol. The van der Waals surface area contributed by atoms with Gasteiger partial charge >= 0.3 is 0 Å². The van der Waals surface area contributed by atoms with Crippen LogP contribution in [0.5, 0.6) is 0 Å². The molecular formula is C9H17N. The summed E-state index contributed by atoms with van der Waals surface area (Å²) in [5.41, 5.74) is 2.61. The molecule has 0 aliphatic rings. The van der Waals surface area contributed by atoms with Crippen LogP contribution in [-0.4, -0.2) is 19.0 Å². The van der Waals surface area contributed by atoms with Gasteiger partial charge in [0.2, 0.25) is 0 Å². The minimum atomic E-state index is 1.28. The molecule has 0 radical (unpaired) electrons. The van der Waals surface area contributed by atoms with Crippen LogP contribution in [0.15, 0.2) is 23.4 Å². The van der Waals surface area contributed by atoms with Crippen molar-refractivity contribution in [1.29, 1.82) is 0 Å². The summed E-state index contributed by atoms with van der Waals surface area (Å²) in [4.78, 5) is 2.10. The molecule has 0 amide bonds. The average molecular weight is 139 g/mol. The molecule has 10 heavy (non-hydrogen) atoms. The number of hydrogen-bond donors (Lipinski definition) is 0. The fourth-order valence-corrected chi connectivity index (χ4v) is 0.436. The van der Waals surface area contributed by atoms with Gasteiger partial charge in [0.1, 0.15) is 0 Å². The highest BCUT2D eigenvalue weighted by molar-refractivity contribution is 5.12. The molecule has 0 aromatic rings. The van der Waals surface area contributed by atoms with E-state index in [1.165, 1.54) is 11.3 Å². The van der Waals surface area contributed by atoms with Crippen LogP contribution < -0.4 is 0 Å². The molecule has 0 spiro atoms.